The van der Waals surface area contributed by atoms with Gasteiger partial charge in [-0.05, 0) is 50.2 Å². The van der Waals surface area contributed by atoms with E-state index in [0.717, 1.165) is 17.0 Å². The van der Waals surface area contributed by atoms with E-state index in [0.29, 0.717) is 24.0 Å². The number of aliphatic imine (C=N–C) groups is 1. The smallest absolute Gasteiger partial charge is 0.225 e. The molecule has 3 rings (SSSR count). The van der Waals surface area contributed by atoms with Crippen LogP contribution in [0, 0.1) is 0 Å². The Morgan fingerprint density at radius 1 is 0.821 bits per heavy atom. The third-order valence-electron chi connectivity index (χ3n) is 3.77. The number of hydrogen-bond donors (Lipinski definition) is 0. The molecule has 0 saturated heterocycles. The van der Waals surface area contributed by atoms with Crippen LogP contribution in [0.1, 0.15) is 13.8 Å². The van der Waals surface area contributed by atoms with Gasteiger partial charge in [-0.25, -0.2) is 4.99 Å². The number of hydrogen-bond acceptors (Lipinski definition) is 4. The first kappa shape index (κ1) is 19.2. The summed E-state index contributed by atoms with van der Waals surface area (Å²) in [5.41, 5.74) is 1.56. The molecule has 0 amide bonds. The SMILES string of the molecule is CCOc1cccc(O/C=C(C)/C(=N/c2ccccc2)Oc2ccccc2)c1. The largest absolute Gasteiger partial charge is 0.494 e. The highest BCUT2D eigenvalue weighted by molar-refractivity contribution is 5.96. The highest BCUT2D eigenvalue weighted by Gasteiger charge is 2.08. The number of para-hydroxylation sites is 2. The fraction of sp³-hybridized carbons (Fsp3) is 0.125. The van der Waals surface area contributed by atoms with Gasteiger partial charge in [-0.15, -0.1) is 0 Å². The molecule has 0 unspecified atom stereocenters. The minimum absolute atomic E-state index is 0.471. The topological polar surface area (TPSA) is 40.0 Å². The molecular weight excluding hydrogens is 350 g/mol. The van der Waals surface area contributed by atoms with Crippen LogP contribution < -0.4 is 14.2 Å². The van der Waals surface area contributed by atoms with Crippen molar-refractivity contribution in [3.63, 3.8) is 0 Å². The monoisotopic (exact) mass is 373 g/mol. The van der Waals surface area contributed by atoms with E-state index in [1.807, 2.05) is 98.8 Å². The summed E-state index contributed by atoms with van der Waals surface area (Å²) in [7, 11) is 0. The van der Waals surface area contributed by atoms with Gasteiger partial charge in [0.05, 0.1) is 18.6 Å². The van der Waals surface area contributed by atoms with Gasteiger partial charge in [0.1, 0.15) is 17.2 Å². The third-order valence-corrected chi connectivity index (χ3v) is 3.77. The van der Waals surface area contributed by atoms with Gasteiger partial charge in [0.2, 0.25) is 5.90 Å². The average Bonchev–Trinajstić information content (AvgIpc) is 2.74. The van der Waals surface area contributed by atoms with E-state index >= 15 is 0 Å². The quantitative estimate of drug-likeness (QED) is 0.282. The van der Waals surface area contributed by atoms with Crippen molar-refractivity contribution in [1.82, 2.24) is 0 Å². The fourth-order valence-electron chi connectivity index (χ4n) is 2.42. The standard InChI is InChI=1S/C24H23NO3/c1-3-26-22-15-10-16-23(17-22)27-18-19(2)24(25-20-11-6-4-7-12-20)28-21-13-8-5-9-14-21/h4-18H,3H2,1-2H3/b19-18+,25-24-. The molecule has 3 aromatic carbocycles. The van der Waals surface area contributed by atoms with Crippen LogP contribution in [0.2, 0.25) is 0 Å². The molecule has 4 nitrogen and oxygen atoms in total. The average molecular weight is 373 g/mol. The van der Waals surface area contributed by atoms with Crippen LogP contribution in [0.25, 0.3) is 0 Å². The summed E-state index contributed by atoms with van der Waals surface area (Å²) in [6, 6.07) is 26.7. The summed E-state index contributed by atoms with van der Waals surface area (Å²) in [4.78, 5) is 4.63. The molecule has 3 aromatic rings. The predicted octanol–water partition coefficient (Wildman–Crippen LogP) is 6.18. The van der Waals surface area contributed by atoms with E-state index in [-0.39, 0.29) is 0 Å². The Labute approximate surface area is 165 Å². The first-order valence-electron chi connectivity index (χ1n) is 9.18. The highest BCUT2D eigenvalue weighted by Crippen LogP contribution is 2.21. The maximum Gasteiger partial charge on any atom is 0.225 e. The lowest BCUT2D eigenvalue weighted by Gasteiger charge is -2.10. The van der Waals surface area contributed by atoms with Gasteiger partial charge >= 0.3 is 0 Å². The Hall–Kier alpha value is -3.53. The summed E-state index contributed by atoms with van der Waals surface area (Å²) in [6.07, 6.45) is 1.63. The first-order valence-corrected chi connectivity index (χ1v) is 9.18. The molecule has 0 spiro atoms. The molecule has 0 aliphatic rings. The molecule has 0 aromatic heterocycles. The van der Waals surface area contributed by atoms with Crippen LogP contribution in [0.4, 0.5) is 5.69 Å². The van der Waals surface area contributed by atoms with Gasteiger partial charge in [0.15, 0.2) is 0 Å². The summed E-state index contributed by atoms with van der Waals surface area (Å²) >= 11 is 0. The zero-order chi connectivity index (χ0) is 19.6. The lowest BCUT2D eigenvalue weighted by atomic mass is 10.3. The van der Waals surface area contributed by atoms with Gasteiger partial charge in [-0.3, -0.25) is 0 Å². The third kappa shape index (κ3) is 5.74. The Kier molecular flexibility index (Phi) is 6.85. The van der Waals surface area contributed by atoms with E-state index in [4.69, 9.17) is 14.2 Å². The maximum atomic E-state index is 6.01. The maximum absolute atomic E-state index is 6.01. The molecule has 0 aliphatic carbocycles. The van der Waals surface area contributed by atoms with E-state index in [9.17, 15) is 0 Å². The van der Waals surface area contributed by atoms with Gasteiger partial charge in [0.25, 0.3) is 0 Å². The van der Waals surface area contributed by atoms with Gasteiger partial charge in [-0.2, -0.15) is 0 Å². The van der Waals surface area contributed by atoms with Crippen LogP contribution >= 0.6 is 0 Å². The number of ether oxygens (including phenoxy) is 3. The normalized spacial score (nSPS) is 11.8. The minimum Gasteiger partial charge on any atom is -0.494 e. The molecule has 0 N–H and O–H groups in total. The molecule has 0 radical (unpaired) electrons. The lowest BCUT2D eigenvalue weighted by Crippen LogP contribution is -2.10. The zero-order valence-corrected chi connectivity index (χ0v) is 16.0. The molecule has 0 atom stereocenters. The van der Waals surface area contributed by atoms with Crippen molar-refractivity contribution in [2.75, 3.05) is 6.61 Å². The van der Waals surface area contributed by atoms with Gasteiger partial charge in [-0.1, -0.05) is 42.5 Å². The Balaban J connectivity index is 1.83. The predicted molar refractivity (Wildman–Crippen MR) is 113 cm³/mol. The van der Waals surface area contributed by atoms with Crippen LogP contribution in [0.5, 0.6) is 17.2 Å². The Morgan fingerprint density at radius 2 is 1.46 bits per heavy atom. The van der Waals surface area contributed by atoms with Crippen molar-refractivity contribution in [3.05, 3.63) is 96.8 Å². The molecule has 142 valence electrons. The second-order valence-corrected chi connectivity index (χ2v) is 5.99. The summed E-state index contributed by atoms with van der Waals surface area (Å²) in [5, 5.41) is 0. The molecule has 28 heavy (non-hydrogen) atoms. The second kappa shape index (κ2) is 9.97. The number of nitrogens with zero attached hydrogens (tertiary/aromatic N) is 1. The number of benzene rings is 3. The van der Waals surface area contributed by atoms with Crippen molar-refractivity contribution in [2.24, 2.45) is 4.99 Å². The van der Waals surface area contributed by atoms with Crippen LogP contribution in [0.3, 0.4) is 0 Å². The van der Waals surface area contributed by atoms with Gasteiger partial charge < -0.3 is 14.2 Å². The Morgan fingerprint density at radius 3 is 2.18 bits per heavy atom. The summed E-state index contributed by atoms with van der Waals surface area (Å²) in [6.45, 7) is 4.46. The van der Waals surface area contributed by atoms with Gasteiger partial charge in [0, 0.05) is 11.6 Å². The summed E-state index contributed by atoms with van der Waals surface area (Å²) < 4.78 is 17.3. The molecular formula is C24H23NO3. The van der Waals surface area contributed by atoms with Crippen LogP contribution in [0.15, 0.2) is 102 Å². The van der Waals surface area contributed by atoms with Crippen LogP contribution in [-0.4, -0.2) is 12.5 Å². The lowest BCUT2D eigenvalue weighted by molar-refractivity contribution is 0.338. The van der Waals surface area contributed by atoms with Crippen molar-refractivity contribution in [3.8, 4) is 17.2 Å². The van der Waals surface area contributed by atoms with E-state index in [1.165, 1.54) is 0 Å². The summed E-state index contributed by atoms with van der Waals surface area (Å²) in [5.74, 6) is 2.63. The minimum atomic E-state index is 0.471. The molecule has 0 fully saturated rings. The van der Waals surface area contributed by atoms with Crippen molar-refractivity contribution >= 4 is 11.6 Å². The first-order chi connectivity index (χ1) is 13.7. The Bertz CT molecular complexity index is 934. The van der Waals surface area contributed by atoms with Crippen LogP contribution in [-0.2, 0) is 0 Å². The van der Waals surface area contributed by atoms with Crippen molar-refractivity contribution in [2.45, 2.75) is 13.8 Å². The molecule has 0 bridgehead atoms. The van der Waals surface area contributed by atoms with Crippen molar-refractivity contribution < 1.29 is 14.2 Å². The zero-order valence-electron chi connectivity index (χ0n) is 16.0. The molecule has 4 heteroatoms. The van der Waals surface area contributed by atoms with E-state index < -0.39 is 0 Å². The van der Waals surface area contributed by atoms with E-state index in [2.05, 4.69) is 4.99 Å². The van der Waals surface area contributed by atoms with E-state index in [1.54, 1.807) is 6.26 Å². The second-order valence-electron chi connectivity index (χ2n) is 5.99. The highest BCUT2D eigenvalue weighted by atomic mass is 16.5. The number of rotatable bonds is 7. The molecule has 0 saturated carbocycles. The molecule has 0 heterocycles. The fourth-order valence-corrected chi connectivity index (χ4v) is 2.42. The molecule has 0 aliphatic heterocycles. The van der Waals surface area contributed by atoms with Crippen molar-refractivity contribution in [1.29, 1.82) is 0 Å².